The predicted octanol–water partition coefficient (Wildman–Crippen LogP) is 1.59. The standard InChI is InChI=1S/C22H22N6O2S/c1-25-20(29)12-4-2-11(3-5-12)15-10-28-16-7-6-13(8-17(16)31-22(28)27-15)21(30)26-9-14-18(23)19(14)24/h2-8,10,14,18-19H,9,23-24H2,1H3,(H,25,29)(H,26,30). The first-order valence-corrected chi connectivity index (χ1v) is 10.8. The summed E-state index contributed by atoms with van der Waals surface area (Å²) in [6.07, 6.45) is 1.97. The van der Waals surface area contributed by atoms with Crippen molar-refractivity contribution < 1.29 is 9.59 Å². The van der Waals surface area contributed by atoms with Gasteiger partial charge in [-0.15, -0.1) is 0 Å². The number of hydrogen-bond donors (Lipinski definition) is 4. The highest BCUT2D eigenvalue weighted by molar-refractivity contribution is 7.23. The Hall–Kier alpha value is -3.27. The van der Waals surface area contributed by atoms with E-state index in [0.717, 1.165) is 26.4 Å². The van der Waals surface area contributed by atoms with Gasteiger partial charge in [0.25, 0.3) is 11.8 Å². The molecule has 1 aliphatic rings. The van der Waals surface area contributed by atoms with E-state index in [1.807, 2.05) is 40.9 Å². The molecule has 8 nitrogen and oxygen atoms in total. The highest BCUT2D eigenvalue weighted by atomic mass is 32.1. The minimum absolute atomic E-state index is 0.0259. The largest absolute Gasteiger partial charge is 0.355 e. The van der Waals surface area contributed by atoms with Crippen LogP contribution in [0.25, 0.3) is 26.4 Å². The van der Waals surface area contributed by atoms with Crippen LogP contribution in [0, 0.1) is 5.92 Å². The Balaban J connectivity index is 1.38. The summed E-state index contributed by atoms with van der Waals surface area (Å²) < 4.78 is 3.00. The SMILES string of the molecule is CNC(=O)c1ccc(-c2cn3c(n2)sc2cc(C(=O)NCC4C(N)C4N)ccc23)cc1. The molecule has 0 spiro atoms. The van der Waals surface area contributed by atoms with E-state index in [9.17, 15) is 9.59 Å². The van der Waals surface area contributed by atoms with Crippen LogP contribution in [0.2, 0.25) is 0 Å². The number of imidazole rings is 1. The topological polar surface area (TPSA) is 128 Å². The molecule has 1 saturated carbocycles. The molecular weight excluding hydrogens is 412 g/mol. The highest BCUT2D eigenvalue weighted by Gasteiger charge is 2.44. The van der Waals surface area contributed by atoms with Gasteiger partial charge in [0.05, 0.1) is 15.9 Å². The summed E-state index contributed by atoms with van der Waals surface area (Å²) in [6.45, 7) is 0.495. The summed E-state index contributed by atoms with van der Waals surface area (Å²) in [7, 11) is 1.61. The summed E-state index contributed by atoms with van der Waals surface area (Å²) in [5.74, 6) is -0.0938. The van der Waals surface area contributed by atoms with Gasteiger partial charge in [-0.2, -0.15) is 0 Å². The summed E-state index contributed by atoms with van der Waals surface area (Å²) in [4.78, 5) is 29.8. The fourth-order valence-electron chi connectivity index (χ4n) is 3.73. The van der Waals surface area contributed by atoms with Crippen molar-refractivity contribution in [2.75, 3.05) is 13.6 Å². The van der Waals surface area contributed by atoms with Crippen LogP contribution in [-0.4, -0.2) is 46.9 Å². The summed E-state index contributed by atoms with van der Waals surface area (Å²) in [6, 6.07) is 12.9. The molecule has 0 radical (unpaired) electrons. The molecule has 158 valence electrons. The Bertz CT molecular complexity index is 1300. The van der Waals surface area contributed by atoms with Gasteiger partial charge in [0, 0.05) is 54.5 Å². The van der Waals surface area contributed by atoms with Gasteiger partial charge in [0.2, 0.25) is 0 Å². The number of rotatable bonds is 5. The van der Waals surface area contributed by atoms with Crippen LogP contribution < -0.4 is 22.1 Å². The van der Waals surface area contributed by atoms with Crippen molar-refractivity contribution in [3.05, 3.63) is 59.8 Å². The first-order valence-electron chi connectivity index (χ1n) is 10.00. The lowest BCUT2D eigenvalue weighted by molar-refractivity contribution is 0.0947. The lowest BCUT2D eigenvalue weighted by Crippen LogP contribution is -2.27. The van der Waals surface area contributed by atoms with Crippen molar-refractivity contribution >= 4 is 38.3 Å². The van der Waals surface area contributed by atoms with E-state index in [4.69, 9.17) is 16.5 Å². The number of thiazole rings is 1. The number of hydrogen-bond acceptors (Lipinski definition) is 6. The zero-order valence-electron chi connectivity index (χ0n) is 16.8. The molecule has 2 aromatic heterocycles. The molecule has 9 heteroatoms. The maximum atomic E-state index is 12.5. The monoisotopic (exact) mass is 434 g/mol. The Morgan fingerprint density at radius 3 is 2.45 bits per heavy atom. The number of fused-ring (bicyclic) bond motifs is 3. The van der Waals surface area contributed by atoms with Gasteiger partial charge < -0.3 is 22.1 Å². The van der Waals surface area contributed by atoms with Crippen molar-refractivity contribution in [3.8, 4) is 11.3 Å². The number of benzene rings is 2. The summed E-state index contributed by atoms with van der Waals surface area (Å²) in [5, 5.41) is 5.53. The molecule has 4 aromatic rings. The van der Waals surface area contributed by atoms with Crippen molar-refractivity contribution in [1.29, 1.82) is 0 Å². The van der Waals surface area contributed by atoms with E-state index in [0.29, 0.717) is 17.7 Å². The van der Waals surface area contributed by atoms with Crippen molar-refractivity contribution in [2.24, 2.45) is 17.4 Å². The second-order valence-corrected chi connectivity index (χ2v) is 8.76. The number of amides is 2. The van der Waals surface area contributed by atoms with Crippen molar-refractivity contribution in [1.82, 2.24) is 20.0 Å². The van der Waals surface area contributed by atoms with Gasteiger partial charge in [-0.1, -0.05) is 23.5 Å². The van der Waals surface area contributed by atoms with Crippen molar-refractivity contribution in [2.45, 2.75) is 12.1 Å². The zero-order valence-corrected chi connectivity index (χ0v) is 17.6. The average Bonchev–Trinajstić information content (AvgIpc) is 3.11. The molecule has 0 bridgehead atoms. The lowest BCUT2D eigenvalue weighted by Gasteiger charge is -2.04. The molecule has 2 aromatic carbocycles. The lowest BCUT2D eigenvalue weighted by atomic mass is 10.1. The molecule has 1 aliphatic carbocycles. The molecular formula is C22H22N6O2S. The number of carbonyl (C=O) groups is 2. The number of nitrogens with zero attached hydrogens (tertiary/aromatic N) is 2. The van der Waals surface area contributed by atoms with E-state index >= 15 is 0 Å². The van der Waals surface area contributed by atoms with Gasteiger partial charge >= 0.3 is 0 Å². The van der Waals surface area contributed by atoms with Crippen LogP contribution in [0.1, 0.15) is 20.7 Å². The maximum absolute atomic E-state index is 12.5. The van der Waals surface area contributed by atoms with Crippen LogP contribution in [-0.2, 0) is 0 Å². The van der Waals surface area contributed by atoms with Gasteiger partial charge in [0.1, 0.15) is 0 Å². The Morgan fingerprint density at radius 2 is 1.77 bits per heavy atom. The molecule has 6 N–H and O–H groups in total. The third-order valence-electron chi connectivity index (χ3n) is 5.82. The van der Waals surface area contributed by atoms with Gasteiger partial charge in [-0.05, 0) is 30.3 Å². The van der Waals surface area contributed by atoms with Gasteiger partial charge in [-0.3, -0.25) is 14.0 Å². The minimum atomic E-state index is -0.129. The van der Waals surface area contributed by atoms with E-state index in [1.54, 1.807) is 19.2 Å². The number of carbonyl (C=O) groups excluding carboxylic acids is 2. The number of nitrogens with one attached hydrogen (secondary N) is 2. The first-order chi connectivity index (χ1) is 15.0. The van der Waals surface area contributed by atoms with Gasteiger partial charge in [0.15, 0.2) is 4.96 Å². The molecule has 2 unspecified atom stereocenters. The van der Waals surface area contributed by atoms with Gasteiger partial charge in [-0.25, -0.2) is 4.98 Å². The molecule has 2 atom stereocenters. The zero-order chi connectivity index (χ0) is 21.7. The number of nitrogens with two attached hydrogens (primary N) is 2. The van der Waals surface area contributed by atoms with E-state index in [1.165, 1.54) is 11.3 Å². The maximum Gasteiger partial charge on any atom is 0.251 e. The molecule has 2 heterocycles. The van der Waals surface area contributed by atoms with Crippen LogP contribution in [0.3, 0.4) is 0 Å². The highest BCUT2D eigenvalue weighted by Crippen LogP contribution is 2.30. The van der Waals surface area contributed by atoms with E-state index in [-0.39, 0.29) is 29.8 Å². The molecule has 31 heavy (non-hydrogen) atoms. The predicted molar refractivity (Wildman–Crippen MR) is 121 cm³/mol. The van der Waals surface area contributed by atoms with E-state index in [2.05, 4.69) is 10.6 Å². The van der Waals surface area contributed by atoms with Crippen LogP contribution in [0.4, 0.5) is 0 Å². The fourth-order valence-corrected chi connectivity index (χ4v) is 4.78. The second-order valence-electron chi connectivity index (χ2n) is 7.75. The van der Waals surface area contributed by atoms with Crippen LogP contribution >= 0.6 is 11.3 Å². The van der Waals surface area contributed by atoms with E-state index < -0.39 is 0 Å². The van der Waals surface area contributed by atoms with Crippen LogP contribution in [0.5, 0.6) is 0 Å². The summed E-state index contributed by atoms with van der Waals surface area (Å²) in [5.41, 5.74) is 15.6. The first kappa shape index (κ1) is 19.7. The number of aromatic nitrogens is 2. The molecule has 0 saturated heterocycles. The Kier molecular flexibility index (Phi) is 4.73. The molecule has 1 fully saturated rings. The minimum Gasteiger partial charge on any atom is -0.355 e. The quantitative estimate of drug-likeness (QED) is 0.379. The van der Waals surface area contributed by atoms with Crippen LogP contribution in [0.15, 0.2) is 48.7 Å². The molecule has 0 aliphatic heterocycles. The Morgan fingerprint density at radius 1 is 1.06 bits per heavy atom. The fraction of sp³-hybridized carbons (Fsp3) is 0.227. The van der Waals surface area contributed by atoms with Crippen molar-refractivity contribution in [3.63, 3.8) is 0 Å². The third-order valence-corrected chi connectivity index (χ3v) is 6.83. The Labute approximate surface area is 182 Å². The molecule has 2 amide bonds. The smallest absolute Gasteiger partial charge is 0.251 e. The third kappa shape index (κ3) is 3.46. The second kappa shape index (κ2) is 7.45. The molecule has 5 rings (SSSR count). The normalized spacial score (nSPS) is 20.2. The summed E-state index contributed by atoms with van der Waals surface area (Å²) >= 11 is 1.53. The average molecular weight is 435 g/mol.